The Labute approximate surface area is 117 Å². The average Bonchev–Trinajstić information content (AvgIpc) is 2.53. The summed E-state index contributed by atoms with van der Waals surface area (Å²) in [5.74, 6) is 0.883. The summed E-state index contributed by atoms with van der Waals surface area (Å²) < 4.78 is 5.56. The van der Waals surface area contributed by atoms with E-state index in [0.717, 1.165) is 22.4 Å². The van der Waals surface area contributed by atoms with Crippen LogP contribution in [0.15, 0.2) is 55.0 Å². The standard InChI is InChI=1S/C17H14N2O/c1-20-17-14(8-9-15-10-11-18-12-19-15)7-6-13-4-2-3-5-16(13)17/h2-12H,1H3/b9-8+. The van der Waals surface area contributed by atoms with Gasteiger partial charge in [-0.05, 0) is 23.6 Å². The van der Waals surface area contributed by atoms with Crippen LogP contribution in [0.25, 0.3) is 22.9 Å². The Morgan fingerprint density at radius 2 is 1.90 bits per heavy atom. The van der Waals surface area contributed by atoms with Gasteiger partial charge < -0.3 is 4.74 Å². The van der Waals surface area contributed by atoms with Gasteiger partial charge in [0.05, 0.1) is 12.8 Å². The van der Waals surface area contributed by atoms with Crippen LogP contribution in [0.3, 0.4) is 0 Å². The molecule has 0 fully saturated rings. The SMILES string of the molecule is COc1c(/C=C/c2ccncn2)ccc2ccccc12. The summed E-state index contributed by atoms with van der Waals surface area (Å²) in [6.07, 6.45) is 7.23. The van der Waals surface area contributed by atoms with Crippen molar-refractivity contribution in [2.24, 2.45) is 0 Å². The molecule has 98 valence electrons. The van der Waals surface area contributed by atoms with Crippen molar-refractivity contribution >= 4 is 22.9 Å². The second-order valence-corrected chi connectivity index (χ2v) is 4.38. The van der Waals surface area contributed by atoms with Gasteiger partial charge in [0.2, 0.25) is 0 Å². The zero-order valence-electron chi connectivity index (χ0n) is 11.2. The second-order valence-electron chi connectivity index (χ2n) is 4.38. The molecule has 0 aliphatic heterocycles. The summed E-state index contributed by atoms with van der Waals surface area (Å²) in [5, 5.41) is 2.28. The summed E-state index contributed by atoms with van der Waals surface area (Å²) in [5.41, 5.74) is 1.90. The molecule has 0 saturated carbocycles. The fraction of sp³-hybridized carbons (Fsp3) is 0.0588. The van der Waals surface area contributed by atoms with Crippen LogP contribution < -0.4 is 4.74 Å². The third-order valence-corrected chi connectivity index (χ3v) is 3.15. The molecule has 0 bridgehead atoms. The molecule has 20 heavy (non-hydrogen) atoms. The molecule has 0 saturated heterocycles. The van der Waals surface area contributed by atoms with Crippen molar-refractivity contribution in [2.45, 2.75) is 0 Å². The molecule has 0 radical (unpaired) electrons. The van der Waals surface area contributed by atoms with Crippen LogP contribution in [-0.4, -0.2) is 17.1 Å². The molecule has 1 heterocycles. The molecule has 0 aliphatic rings. The first-order valence-electron chi connectivity index (χ1n) is 6.38. The van der Waals surface area contributed by atoms with Gasteiger partial charge in [0, 0.05) is 17.1 Å². The Morgan fingerprint density at radius 1 is 1.00 bits per heavy atom. The third kappa shape index (κ3) is 2.38. The maximum Gasteiger partial charge on any atom is 0.133 e. The first-order valence-corrected chi connectivity index (χ1v) is 6.38. The van der Waals surface area contributed by atoms with Gasteiger partial charge in [-0.2, -0.15) is 0 Å². The number of methoxy groups -OCH3 is 1. The quantitative estimate of drug-likeness (QED) is 0.720. The summed E-state index contributed by atoms with van der Waals surface area (Å²) in [6, 6.07) is 14.2. The molecule has 0 unspecified atom stereocenters. The molecule has 0 amide bonds. The highest BCUT2D eigenvalue weighted by atomic mass is 16.5. The third-order valence-electron chi connectivity index (χ3n) is 3.15. The number of benzene rings is 2. The van der Waals surface area contributed by atoms with E-state index in [-0.39, 0.29) is 0 Å². The number of aromatic nitrogens is 2. The van der Waals surface area contributed by atoms with Gasteiger partial charge in [-0.25, -0.2) is 9.97 Å². The van der Waals surface area contributed by atoms with Crippen LogP contribution in [0.2, 0.25) is 0 Å². The largest absolute Gasteiger partial charge is 0.495 e. The lowest BCUT2D eigenvalue weighted by Crippen LogP contribution is -1.89. The van der Waals surface area contributed by atoms with Crippen LogP contribution in [0, 0.1) is 0 Å². The van der Waals surface area contributed by atoms with Gasteiger partial charge in [-0.3, -0.25) is 0 Å². The van der Waals surface area contributed by atoms with E-state index in [1.165, 1.54) is 11.7 Å². The van der Waals surface area contributed by atoms with Crippen LogP contribution in [0.5, 0.6) is 5.75 Å². The van der Waals surface area contributed by atoms with Gasteiger partial charge in [0.1, 0.15) is 12.1 Å². The number of rotatable bonds is 3. The lowest BCUT2D eigenvalue weighted by Gasteiger charge is -2.09. The molecule has 1 aromatic heterocycles. The molecule has 3 aromatic rings. The van der Waals surface area contributed by atoms with Gasteiger partial charge in [-0.1, -0.05) is 36.4 Å². The minimum atomic E-state index is 0.871. The van der Waals surface area contributed by atoms with Gasteiger partial charge in [-0.15, -0.1) is 0 Å². The Morgan fingerprint density at radius 3 is 2.70 bits per heavy atom. The normalized spacial score (nSPS) is 11.1. The minimum absolute atomic E-state index is 0.871. The van der Waals surface area contributed by atoms with Crippen molar-refractivity contribution in [2.75, 3.05) is 7.11 Å². The number of hydrogen-bond acceptors (Lipinski definition) is 3. The fourth-order valence-corrected chi connectivity index (χ4v) is 2.19. The first kappa shape index (κ1) is 12.4. The molecule has 3 heteroatoms. The molecular weight excluding hydrogens is 248 g/mol. The van der Waals surface area contributed by atoms with Crippen LogP contribution in [0.4, 0.5) is 0 Å². The molecule has 0 N–H and O–H groups in total. The minimum Gasteiger partial charge on any atom is -0.495 e. The zero-order valence-corrected chi connectivity index (χ0v) is 11.2. The summed E-state index contributed by atoms with van der Waals surface area (Å²) >= 11 is 0. The van der Waals surface area contributed by atoms with E-state index < -0.39 is 0 Å². The lowest BCUT2D eigenvalue weighted by molar-refractivity contribution is 0.419. The molecule has 3 rings (SSSR count). The summed E-state index contributed by atoms with van der Waals surface area (Å²) in [4.78, 5) is 8.08. The van der Waals surface area contributed by atoms with Crippen molar-refractivity contribution in [3.05, 3.63) is 66.2 Å². The van der Waals surface area contributed by atoms with Gasteiger partial charge in [0.15, 0.2) is 0 Å². The van der Waals surface area contributed by atoms with Crippen LogP contribution in [0.1, 0.15) is 11.3 Å². The Bertz CT molecular complexity index is 751. The van der Waals surface area contributed by atoms with Crippen molar-refractivity contribution in [1.29, 1.82) is 0 Å². The van der Waals surface area contributed by atoms with E-state index in [9.17, 15) is 0 Å². The highest BCUT2D eigenvalue weighted by Gasteiger charge is 2.05. The smallest absolute Gasteiger partial charge is 0.133 e. The average molecular weight is 262 g/mol. The lowest BCUT2D eigenvalue weighted by atomic mass is 10.0. The van der Waals surface area contributed by atoms with Gasteiger partial charge >= 0.3 is 0 Å². The van der Waals surface area contributed by atoms with Gasteiger partial charge in [0.25, 0.3) is 0 Å². The monoisotopic (exact) mass is 262 g/mol. The summed E-state index contributed by atoms with van der Waals surface area (Å²) in [6.45, 7) is 0. The summed E-state index contributed by atoms with van der Waals surface area (Å²) in [7, 11) is 1.70. The Kier molecular flexibility index (Phi) is 3.42. The van der Waals surface area contributed by atoms with Crippen LogP contribution in [-0.2, 0) is 0 Å². The zero-order chi connectivity index (χ0) is 13.8. The predicted molar refractivity (Wildman–Crippen MR) is 81.5 cm³/mol. The predicted octanol–water partition coefficient (Wildman–Crippen LogP) is 3.81. The second kappa shape index (κ2) is 5.53. The maximum atomic E-state index is 5.56. The van der Waals surface area contributed by atoms with E-state index in [4.69, 9.17) is 4.74 Å². The van der Waals surface area contributed by atoms with E-state index in [2.05, 4.69) is 34.2 Å². The Balaban J connectivity index is 2.05. The number of fused-ring (bicyclic) bond motifs is 1. The highest BCUT2D eigenvalue weighted by Crippen LogP contribution is 2.30. The highest BCUT2D eigenvalue weighted by molar-refractivity contribution is 5.92. The van der Waals surface area contributed by atoms with Crippen molar-refractivity contribution in [1.82, 2.24) is 9.97 Å². The van der Waals surface area contributed by atoms with E-state index in [1.54, 1.807) is 13.3 Å². The number of nitrogens with zero attached hydrogens (tertiary/aromatic N) is 2. The van der Waals surface area contributed by atoms with E-state index in [1.807, 2.05) is 30.4 Å². The van der Waals surface area contributed by atoms with Crippen molar-refractivity contribution < 1.29 is 4.74 Å². The topological polar surface area (TPSA) is 35.0 Å². The fourth-order valence-electron chi connectivity index (χ4n) is 2.19. The molecule has 0 aliphatic carbocycles. The molecule has 3 nitrogen and oxygen atoms in total. The van der Waals surface area contributed by atoms with Crippen molar-refractivity contribution in [3.63, 3.8) is 0 Å². The Hall–Kier alpha value is -2.68. The van der Waals surface area contributed by atoms with Crippen LogP contribution >= 0.6 is 0 Å². The maximum absolute atomic E-state index is 5.56. The van der Waals surface area contributed by atoms with Crippen molar-refractivity contribution in [3.8, 4) is 5.75 Å². The number of ether oxygens (including phenoxy) is 1. The molecular formula is C17H14N2O. The van der Waals surface area contributed by atoms with E-state index >= 15 is 0 Å². The molecule has 2 aromatic carbocycles. The van der Waals surface area contributed by atoms with E-state index in [0.29, 0.717) is 0 Å². The first-order chi connectivity index (χ1) is 9.88. The molecule has 0 atom stereocenters. The molecule has 0 spiro atoms. The number of hydrogen-bond donors (Lipinski definition) is 0.